The van der Waals surface area contributed by atoms with Crippen LogP contribution in [0, 0.1) is 0 Å². The first-order valence-electron chi connectivity index (χ1n) is 6.76. The zero-order valence-electron chi connectivity index (χ0n) is 12.4. The summed E-state index contributed by atoms with van der Waals surface area (Å²) in [5.41, 5.74) is 0.426. The van der Waals surface area contributed by atoms with Crippen LogP contribution in [0.3, 0.4) is 0 Å². The molecule has 2 N–H and O–H groups in total. The van der Waals surface area contributed by atoms with Crippen LogP contribution in [-0.4, -0.2) is 55.2 Å². The molecule has 0 bridgehead atoms. The first-order chi connectivity index (χ1) is 9.90. The van der Waals surface area contributed by atoms with E-state index in [4.69, 9.17) is 0 Å². The van der Waals surface area contributed by atoms with E-state index in [9.17, 15) is 9.90 Å². The predicted molar refractivity (Wildman–Crippen MR) is 77.5 cm³/mol. The van der Waals surface area contributed by atoms with Crippen LogP contribution in [0.25, 0.3) is 11.4 Å². The number of likely N-dealkylation sites (N-methyl/N-ethyl adjacent to an activating group) is 1. The number of hydrogen-bond acceptors (Lipinski definition) is 5. The van der Waals surface area contributed by atoms with Crippen molar-refractivity contribution in [2.45, 2.75) is 26.4 Å². The van der Waals surface area contributed by atoms with Gasteiger partial charge in [-0.1, -0.05) is 12.1 Å². The number of aromatic amines is 1. The van der Waals surface area contributed by atoms with E-state index in [1.165, 1.54) is 0 Å². The van der Waals surface area contributed by atoms with Gasteiger partial charge in [0.1, 0.15) is 0 Å². The van der Waals surface area contributed by atoms with Crippen molar-refractivity contribution in [2.24, 2.45) is 0 Å². The maximum atomic E-state index is 12.4. The number of rotatable bonds is 5. The topological polar surface area (TPSA) is 95.0 Å². The molecule has 0 saturated heterocycles. The number of nitrogens with zero attached hydrogens (tertiary/aromatic N) is 4. The van der Waals surface area contributed by atoms with Crippen LogP contribution in [-0.2, 0) is 0 Å². The fraction of sp³-hybridized carbons (Fsp3) is 0.429. The standard InChI is InChI=1S/C14H19N5O2/c1-4-19(9-14(2,3)21)13(20)11-7-5-10(6-8-11)12-15-17-18-16-12/h5-8,21H,4,9H2,1-3H3,(H,15,16,17,18). The Morgan fingerprint density at radius 2 is 2.00 bits per heavy atom. The van der Waals surface area contributed by atoms with Crippen molar-refractivity contribution in [3.63, 3.8) is 0 Å². The zero-order valence-corrected chi connectivity index (χ0v) is 12.4. The quantitative estimate of drug-likeness (QED) is 0.859. The van der Waals surface area contributed by atoms with Gasteiger partial charge in [-0.15, -0.1) is 10.2 Å². The Bertz CT molecular complexity index is 587. The van der Waals surface area contributed by atoms with Gasteiger partial charge in [0.05, 0.1) is 5.60 Å². The summed E-state index contributed by atoms with van der Waals surface area (Å²) in [7, 11) is 0. The SMILES string of the molecule is CCN(CC(C)(C)O)C(=O)c1ccc(-c2nn[nH]n2)cc1. The van der Waals surface area contributed by atoms with Gasteiger partial charge in [0.25, 0.3) is 5.91 Å². The summed E-state index contributed by atoms with van der Waals surface area (Å²) in [5.74, 6) is 0.372. The van der Waals surface area contributed by atoms with Crippen molar-refractivity contribution < 1.29 is 9.90 Å². The molecule has 0 aliphatic carbocycles. The first-order valence-corrected chi connectivity index (χ1v) is 6.76. The molecule has 2 rings (SSSR count). The molecule has 1 aromatic heterocycles. The van der Waals surface area contributed by atoms with Gasteiger partial charge in [-0.2, -0.15) is 5.21 Å². The third kappa shape index (κ3) is 3.85. The fourth-order valence-corrected chi connectivity index (χ4v) is 2.02. The maximum absolute atomic E-state index is 12.4. The van der Waals surface area contributed by atoms with Crippen LogP contribution in [0.5, 0.6) is 0 Å². The third-order valence-electron chi connectivity index (χ3n) is 2.98. The fourth-order valence-electron chi connectivity index (χ4n) is 2.02. The van der Waals surface area contributed by atoms with E-state index in [1.807, 2.05) is 6.92 Å². The highest BCUT2D eigenvalue weighted by atomic mass is 16.3. The molecule has 0 spiro atoms. The molecule has 0 atom stereocenters. The molecule has 7 heteroatoms. The number of tetrazole rings is 1. The van der Waals surface area contributed by atoms with E-state index in [-0.39, 0.29) is 12.5 Å². The van der Waals surface area contributed by atoms with Crippen LogP contribution in [0.15, 0.2) is 24.3 Å². The van der Waals surface area contributed by atoms with E-state index in [0.29, 0.717) is 17.9 Å². The normalized spacial score (nSPS) is 11.4. The van der Waals surface area contributed by atoms with Gasteiger partial charge in [-0.05, 0) is 38.1 Å². The van der Waals surface area contributed by atoms with Crippen LogP contribution >= 0.6 is 0 Å². The first kappa shape index (κ1) is 15.1. The second-order valence-electron chi connectivity index (χ2n) is 5.44. The summed E-state index contributed by atoms with van der Waals surface area (Å²) in [4.78, 5) is 14.0. The number of nitrogens with one attached hydrogen (secondary N) is 1. The number of aliphatic hydroxyl groups is 1. The van der Waals surface area contributed by atoms with Gasteiger partial charge < -0.3 is 10.0 Å². The second-order valence-corrected chi connectivity index (χ2v) is 5.44. The Labute approximate surface area is 123 Å². The average Bonchev–Trinajstić information content (AvgIpc) is 2.97. The van der Waals surface area contributed by atoms with Gasteiger partial charge >= 0.3 is 0 Å². The number of benzene rings is 1. The molecule has 112 valence electrons. The lowest BCUT2D eigenvalue weighted by molar-refractivity contribution is 0.0314. The summed E-state index contributed by atoms with van der Waals surface area (Å²) in [6, 6.07) is 6.99. The van der Waals surface area contributed by atoms with E-state index >= 15 is 0 Å². The highest BCUT2D eigenvalue weighted by Gasteiger charge is 2.22. The van der Waals surface area contributed by atoms with Gasteiger partial charge in [0, 0.05) is 24.2 Å². The number of carbonyl (C=O) groups is 1. The summed E-state index contributed by atoms with van der Waals surface area (Å²) in [6.07, 6.45) is 0. The lowest BCUT2D eigenvalue weighted by atomic mass is 10.1. The molecule has 0 saturated carbocycles. The number of hydrogen-bond donors (Lipinski definition) is 2. The summed E-state index contributed by atoms with van der Waals surface area (Å²) < 4.78 is 0. The Balaban J connectivity index is 2.15. The van der Waals surface area contributed by atoms with Crippen molar-refractivity contribution >= 4 is 5.91 Å². The zero-order chi connectivity index (χ0) is 15.5. The average molecular weight is 289 g/mol. The smallest absolute Gasteiger partial charge is 0.253 e. The van der Waals surface area contributed by atoms with Crippen molar-refractivity contribution in [2.75, 3.05) is 13.1 Å². The van der Waals surface area contributed by atoms with Crippen molar-refractivity contribution in [1.29, 1.82) is 0 Å². The number of aromatic nitrogens is 4. The lowest BCUT2D eigenvalue weighted by Gasteiger charge is -2.28. The third-order valence-corrected chi connectivity index (χ3v) is 2.98. The van der Waals surface area contributed by atoms with Gasteiger partial charge in [0.15, 0.2) is 0 Å². The molecule has 0 radical (unpaired) electrons. The highest BCUT2D eigenvalue weighted by molar-refractivity contribution is 5.94. The highest BCUT2D eigenvalue weighted by Crippen LogP contribution is 2.16. The molecule has 0 aliphatic rings. The monoisotopic (exact) mass is 289 g/mol. The molecular formula is C14H19N5O2. The van der Waals surface area contributed by atoms with Gasteiger partial charge in [-0.25, -0.2) is 0 Å². The summed E-state index contributed by atoms with van der Waals surface area (Å²) in [6.45, 7) is 6.08. The van der Waals surface area contributed by atoms with Crippen LogP contribution in [0.4, 0.5) is 0 Å². The summed E-state index contributed by atoms with van der Waals surface area (Å²) >= 11 is 0. The minimum Gasteiger partial charge on any atom is -0.389 e. The Kier molecular flexibility index (Phi) is 4.32. The van der Waals surface area contributed by atoms with Crippen LogP contribution in [0.2, 0.25) is 0 Å². The molecule has 0 aliphatic heterocycles. The minimum absolute atomic E-state index is 0.112. The van der Waals surface area contributed by atoms with Crippen molar-refractivity contribution in [1.82, 2.24) is 25.5 Å². The van der Waals surface area contributed by atoms with E-state index in [2.05, 4.69) is 20.6 Å². The number of carbonyl (C=O) groups excluding carboxylic acids is 1. The van der Waals surface area contributed by atoms with Gasteiger partial charge in [0.2, 0.25) is 5.82 Å². The largest absolute Gasteiger partial charge is 0.389 e. The molecular weight excluding hydrogens is 270 g/mol. The molecule has 2 aromatic rings. The van der Waals surface area contributed by atoms with Gasteiger partial charge in [-0.3, -0.25) is 4.79 Å². The van der Waals surface area contributed by atoms with Crippen LogP contribution in [0.1, 0.15) is 31.1 Å². The molecule has 0 unspecified atom stereocenters. The van der Waals surface area contributed by atoms with Crippen LogP contribution < -0.4 is 0 Å². The summed E-state index contributed by atoms with van der Waals surface area (Å²) in [5, 5.41) is 23.5. The molecule has 7 nitrogen and oxygen atoms in total. The molecule has 0 fully saturated rings. The number of amides is 1. The van der Waals surface area contributed by atoms with E-state index in [0.717, 1.165) is 5.56 Å². The Morgan fingerprint density at radius 1 is 1.33 bits per heavy atom. The van der Waals surface area contributed by atoms with E-state index < -0.39 is 5.60 Å². The molecule has 1 aromatic carbocycles. The Morgan fingerprint density at radius 3 is 2.48 bits per heavy atom. The Hall–Kier alpha value is -2.28. The lowest BCUT2D eigenvalue weighted by Crippen LogP contribution is -2.42. The number of H-pyrrole nitrogens is 1. The molecule has 1 amide bonds. The van der Waals surface area contributed by atoms with Crippen molar-refractivity contribution in [3.05, 3.63) is 29.8 Å². The van der Waals surface area contributed by atoms with E-state index in [1.54, 1.807) is 43.0 Å². The molecule has 1 heterocycles. The maximum Gasteiger partial charge on any atom is 0.253 e. The second kappa shape index (κ2) is 6.01. The minimum atomic E-state index is -0.920. The van der Waals surface area contributed by atoms with Crippen molar-refractivity contribution in [3.8, 4) is 11.4 Å². The predicted octanol–water partition coefficient (Wildman–Crippen LogP) is 1.10. The molecule has 21 heavy (non-hydrogen) atoms.